The Labute approximate surface area is 113 Å². The summed E-state index contributed by atoms with van der Waals surface area (Å²) in [5, 5.41) is 0. The van der Waals surface area contributed by atoms with Crippen molar-refractivity contribution in [1.82, 2.24) is 0 Å². The summed E-state index contributed by atoms with van der Waals surface area (Å²) in [4.78, 5) is 11.4. The van der Waals surface area contributed by atoms with E-state index in [1.54, 1.807) is 0 Å². The maximum atomic E-state index is 11.4. The average Bonchev–Trinajstić information content (AvgIpc) is 2.69. The third-order valence-corrected chi connectivity index (χ3v) is 6.25. The van der Waals surface area contributed by atoms with Crippen LogP contribution in [0.1, 0.15) is 52.9 Å². The van der Waals surface area contributed by atoms with Crippen LogP contribution in [-0.2, 0) is 9.53 Å². The van der Waals surface area contributed by atoms with Gasteiger partial charge < -0.3 is 4.74 Å². The first kappa shape index (κ1) is 15.2. The van der Waals surface area contributed by atoms with Crippen molar-refractivity contribution in [2.75, 3.05) is 12.4 Å². The molecule has 1 atom stereocenters. The van der Waals surface area contributed by atoms with Crippen molar-refractivity contribution in [3.05, 3.63) is 0 Å². The molecule has 2 nitrogen and oxygen atoms in total. The topological polar surface area (TPSA) is 26.3 Å². The molecule has 0 amide bonds. The van der Waals surface area contributed by atoms with Crippen LogP contribution in [0.4, 0.5) is 0 Å². The highest BCUT2D eigenvalue weighted by Gasteiger charge is 2.29. The molecule has 1 aliphatic heterocycles. The Morgan fingerprint density at radius 2 is 2.18 bits per heavy atom. The van der Waals surface area contributed by atoms with Crippen LogP contribution >= 0.6 is 21.6 Å². The zero-order valence-electron chi connectivity index (χ0n) is 11.2. The number of rotatable bonds is 7. The van der Waals surface area contributed by atoms with E-state index in [0.29, 0.717) is 23.7 Å². The highest BCUT2D eigenvalue weighted by molar-refractivity contribution is 8.77. The van der Waals surface area contributed by atoms with E-state index in [1.165, 1.54) is 18.6 Å². The van der Waals surface area contributed by atoms with Crippen LogP contribution in [0.2, 0.25) is 0 Å². The first-order valence-electron chi connectivity index (χ1n) is 6.48. The van der Waals surface area contributed by atoms with Crippen LogP contribution in [0, 0.1) is 5.92 Å². The van der Waals surface area contributed by atoms with Crippen LogP contribution < -0.4 is 0 Å². The average molecular weight is 276 g/mol. The second-order valence-corrected chi connectivity index (χ2v) is 8.39. The minimum atomic E-state index is -0.0303. The molecule has 4 heteroatoms. The van der Waals surface area contributed by atoms with E-state index < -0.39 is 0 Å². The van der Waals surface area contributed by atoms with Crippen molar-refractivity contribution in [1.29, 1.82) is 0 Å². The molecule has 0 aliphatic carbocycles. The molecule has 17 heavy (non-hydrogen) atoms. The van der Waals surface area contributed by atoms with Crippen molar-refractivity contribution >= 4 is 27.6 Å². The fourth-order valence-electron chi connectivity index (χ4n) is 1.75. The Balaban J connectivity index is 2.01. The van der Waals surface area contributed by atoms with E-state index in [4.69, 9.17) is 4.74 Å². The number of carbonyl (C=O) groups excluding carboxylic acids is 1. The Bertz CT molecular complexity index is 236. The minimum Gasteiger partial charge on any atom is -0.465 e. The summed E-state index contributed by atoms with van der Waals surface area (Å²) in [7, 11) is 4.00. The van der Waals surface area contributed by atoms with Crippen molar-refractivity contribution in [3.63, 3.8) is 0 Å². The fraction of sp³-hybridized carbons (Fsp3) is 0.923. The molecule has 1 saturated heterocycles. The number of unbranched alkanes of at least 4 members (excludes halogenated alkanes) is 1. The smallest absolute Gasteiger partial charge is 0.305 e. The molecule has 0 radical (unpaired) electrons. The molecule has 0 unspecified atom stereocenters. The van der Waals surface area contributed by atoms with Crippen molar-refractivity contribution < 1.29 is 9.53 Å². The summed E-state index contributed by atoms with van der Waals surface area (Å²) in [6, 6.07) is 0. The van der Waals surface area contributed by atoms with E-state index in [1.807, 2.05) is 21.6 Å². The molecule has 0 aromatic heterocycles. The summed E-state index contributed by atoms with van der Waals surface area (Å²) in [5.74, 6) is 1.68. The predicted octanol–water partition coefficient (Wildman–Crippen LogP) is 4.29. The molecule has 1 rings (SSSR count). The standard InChI is InChI=1S/C13H24O2S2/c1-11(2)10-15-12(14)6-4-5-7-13(3)8-9-16-17-13/h11H,4-10H2,1-3H3/t13-/m1/s1. The van der Waals surface area contributed by atoms with E-state index in [-0.39, 0.29) is 5.97 Å². The predicted molar refractivity (Wildman–Crippen MR) is 77.3 cm³/mol. The lowest BCUT2D eigenvalue weighted by molar-refractivity contribution is -0.144. The molecule has 0 saturated carbocycles. The third-order valence-electron chi connectivity index (χ3n) is 2.89. The molecule has 1 aliphatic rings. The van der Waals surface area contributed by atoms with Crippen LogP contribution in [-0.4, -0.2) is 23.1 Å². The van der Waals surface area contributed by atoms with E-state index in [9.17, 15) is 4.79 Å². The number of carbonyl (C=O) groups is 1. The largest absolute Gasteiger partial charge is 0.465 e. The summed E-state index contributed by atoms with van der Waals surface area (Å²) in [5.41, 5.74) is 0. The number of hydrogen-bond acceptors (Lipinski definition) is 4. The van der Waals surface area contributed by atoms with Crippen molar-refractivity contribution in [3.8, 4) is 0 Å². The molecule has 1 fully saturated rings. The lowest BCUT2D eigenvalue weighted by Gasteiger charge is -2.20. The minimum absolute atomic E-state index is 0.0303. The van der Waals surface area contributed by atoms with Crippen molar-refractivity contribution in [2.24, 2.45) is 5.92 Å². The van der Waals surface area contributed by atoms with Crippen molar-refractivity contribution in [2.45, 2.75) is 57.6 Å². The van der Waals surface area contributed by atoms with Crippen LogP contribution in [0.5, 0.6) is 0 Å². The van der Waals surface area contributed by atoms with Gasteiger partial charge in [0.15, 0.2) is 0 Å². The van der Waals surface area contributed by atoms with Gasteiger partial charge in [0.2, 0.25) is 0 Å². The van der Waals surface area contributed by atoms with Crippen LogP contribution in [0.15, 0.2) is 0 Å². The van der Waals surface area contributed by atoms with Gasteiger partial charge in [0.1, 0.15) is 0 Å². The number of ether oxygens (including phenoxy) is 1. The summed E-state index contributed by atoms with van der Waals surface area (Å²) in [6.45, 7) is 7.02. The second-order valence-electron chi connectivity index (χ2n) is 5.39. The van der Waals surface area contributed by atoms with Gasteiger partial charge in [0.05, 0.1) is 6.61 Å². The van der Waals surface area contributed by atoms with Gasteiger partial charge in [-0.25, -0.2) is 0 Å². The maximum absolute atomic E-state index is 11.4. The van der Waals surface area contributed by atoms with E-state index in [0.717, 1.165) is 12.8 Å². The van der Waals surface area contributed by atoms with Crippen LogP contribution in [0.3, 0.4) is 0 Å². The normalized spacial score (nSPS) is 24.2. The van der Waals surface area contributed by atoms with Gasteiger partial charge in [-0.2, -0.15) is 0 Å². The second kappa shape index (κ2) is 7.57. The lowest BCUT2D eigenvalue weighted by Crippen LogP contribution is -2.16. The highest BCUT2D eigenvalue weighted by atomic mass is 33.1. The zero-order chi connectivity index (χ0) is 12.7. The SMILES string of the molecule is CC(C)COC(=O)CCCC[C@]1(C)CCSS1. The molecule has 0 spiro atoms. The zero-order valence-corrected chi connectivity index (χ0v) is 12.8. The van der Waals surface area contributed by atoms with Gasteiger partial charge >= 0.3 is 5.97 Å². The van der Waals surface area contributed by atoms with E-state index >= 15 is 0 Å². The lowest BCUT2D eigenvalue weighted by atomic mass is 9.99. The first-order chi connectivity index (χ1) is 8.02. The maximum Gasteiger partial charge on any atom is 0.305 e. The first-order valence-corrected chi connectivity index (χ1v) is 8.80. The van der Waals surface area contributed by atoms with Gasteiger partial charge in [-0.15, -0.1) is 0 Å². The van der Waals surface area contributed by atoms with Gasteiger partial charge in [-0.05, 0) is 32.1 Å². The van der Waals surface area contributed by atoms with Gasteiger partial charge in [-0.3, -0.25) is 4.79 Å². The molecular formula is C13H24O2S2. The highest BCUT2D eigenvalue weighted by Crippen LogP contribution is 2.49. The Morgan fingerprint density at radius 1 is 1.41 bits per heavy atom. The third kappa shape index (κ3) is 6.61. The molecule has 0 bridgehead atoms. The Hall–Kier alpha value is 0.170. The molecule has 0 aromatic carbocycles. The van der Waals surface area contributed by atoms with Gasteiger partial charge in [0, 0.05) is 16.9 Å². The molecule has 0 N–H and O–H groups in total. The molecule has 100 valence electrons. The fourth-order valence-corrected chi connectivity index (χ4v) is 5.05. The van der Waals surface area contributed by atoms with E-state index in [2.05, 4.69) is 20.8 Å². The molecular weight excluding hydrogens is 252 g/mol. The summed E-state index contributed by atoms with van der Waals surface area (Å²) < 4.78 is 5.60. The molecule has 1 heterocycles. The molecule has 0 aromatic rings. The Kier molecular flexibility index (Phi) is 6.78. The Morgan fingerprint density at radius 3 is 2.76 bits per heavy atom. The quantitative estimate of drug-likeness (QED) is 0.394. The van der Waals surface area contributed by atoms with Gasteiger partial charge in [-0.1, -0.05) is 41.9 Å². The summed E-state index contributed by atoms with van der Waals surface area (Å²) >= 11 is 0. The monoisotopic (exact) mass is 276 g/mol. The summed E-state index contributed by atoms with van der Waals surface area (Å²) in [6.07, 6.45) is 5.22. The van der Waals surface area contributed by atoms with Gasteiger partial charge in [0.25, 0.3) is 0 Å². The number of hydrogen-bond donors (Lipinski definition) is 0. The van der Waals surface area contributed by atoms with Crippen LogP contribution in [0.25, 0.3) is 0 Å². The number of esters is 1.